The van der Waals surface area contributed by atoms with E-state index in [2.05, 4.69) is 76.0 Å². The molecule has 0 fully saturated rings. The van der Waals surface area contributed by atoms with Crippen LogP contribution in [0.4, 0.5) is 0 Å². The molecule has 3 rings (SSSR count). The lowest BCUT2D eigenvalue weighted by Crippen LogP contribution is -1.87. The molecule has 2 aromatic carbocycles. The number of pyridine rings is 1. The Bertz CT molecular complexity index is 715. The van der Waals surface area contributed by atoms with Gasteiger partial charge in [-0.2, -0.15) is 0 Å². The quantitative estimate of drug-likeness (QED) is 0.478. The monoisotopic (exact) mass is 363 g/mol. The fourth-order valence-electron chi connectivity index (χ4n) is 2.26. The van der Waals surface area contributed by atoms with E-state index in [1.165, 1.54) is 21.9 Å². The van der Waals surface area contributed by atoms with Gasteiger partial charge in [-0.1, -0.05) is 0 Å². The molecule has 0 spiro atoms. The number of halogens is 2. The highest BCUT2D eigenvalue weighted by molar-refractivity contribution is 9.11. The minimum atomic E-state index is 1.01. The topological polar surface area (TPSA) is 12.9 Å². The highest BCUT2D eigenvalue weighted by Gasteiger charge is 2.07. The molecule has 0 saturated carbocycles. The van der Waals surface area contributed by atoms with Crippen LogP contribution < -0.4 is 0 Å². The average molecular weight is 365 g/mol. The van der Waals surface area contributed by atoms with Crippen LogP contribution in [0.25, 0.3) is 21.8 Å². The van der Waals surface area contributed by atoms with Crippen molar-refractivity contribution in [1.82, 2.24) is 4.98 Å². The van der Waals surface area contributed by atoms with Crippen LogP contribution in [0.5, 0.6) is 0 Å². The molecule has 3 aromatic rings. The molecule has 0 aliphatic heterocycles. The van der Waals surface area contributed by atoms with Crippen molar-refractivity contribution in [2.75, 3.05) is 0 Å². The summed E-state index contributed by atoms with van der Waals surface area (Å²) in [6.07, 6.45) is 0. The fraction of sp³-hybridized carbons (Fsp3) is 0.133. The maximum Gasteiger partial charge on any atom is 0.0852 e. The molecular weight excluding hydrogens is 354 g/mol. The Hall–Kier alpha value is -0.930. The van der Waals surface area contributed by atoms with Crippen molar-refractivity contribution in [3.63, 3.8) is 0 Å². The number of rotatable bonds is 0. The van der Waals surface area contributed by atoms with Crippen LogP contribution in [-0.4, -0.2) is 4.98 Å². The van der Waals surface area contributed by atoms with Crippen LogP contribution in [0, 0.1) is 13.8 Å². The first kappa shape index (κ1) is 12.1. The Morgan fingerprint density at radius 2 is 1.17 bits per heavy atom. The molecule has 0 atom stereocenters. The molecular formula is C15H11Br2N. The molecule has 0 N–H and O–H groups in total. The molecule has 0 radical (unpaired) electrons. The lowest BCUT2D eigenvalue weighted by Gasteiger charge is -2.07. The van der Waals surface area contributed by atoms with Crippen LogP contribution in [0.15, 0.2) is 39.3 Å². The van der Waals surface area contributed by atoms with Gasteiger partial charge < -0.3 is 0 Å². The van der Waals surface area contributed by atoms with E-state index < -0.39 is 0 Å². The van der Waals surface area contributed by atoms with E-state index in [1.54, 1.807) is 0 Å². The van der Waals surface area contributed by atoms with Gasteiger partial charge in [-0.25, -0.2) is 4.98 Å². The van der Waals surface area contributed by atoms with Gasteiger partial charge in [0.15, 0.2) is 0 Å². The predicted molar refractivity (Wildman–Crippen MR) is 84.1 cm³/mol. The summed E-state index contributed by atoms with van der Waals surface area (Å²) in [7, 11) is 0. The number of aryl methyl sites for hydroxylation is 2. The average Bonchev–Trinajstić information content (AvgIpc) is 2.26. The number of nitrogens with zero attached hydrogens (tertiary/aromatic N) is 1. The van der Waals surface area contributed by atoms with E-state index in [0.717, 1.165) is 20.0 Å². The van der Waals surface area contributed by atoms with Crippen molar-refractivity contribution in [2.45, 2.75) is 13.8 Å². The summed E-state index contributed by atoms with van der Waals surface area (Å²) in [5, 5.41) is 2.35. The lowest BCUT2D eigenvalue weighted by molar-refractivity contribution is 1.41. The predicted octanol–water partition coefficient (Wildman–Crippen LogP) is 5.53. The van der Waals surface area contributed by atoms with Gasteiger partial charge in [0.1, 0.15) is 0 Å². The number of aromatic nitrogens is 1. The third-order valence-corrected chi connectivity index (χ3v) is 4.22. The third-order valence-electron chi connectivity index (χ3n) is 3.01. The Morgan fingerprint density at radius 3 is 1.61 bits per heavy atom. The van der Waals surface area contributed by atoms with Crippen molar-refractivity contribution in [3.8, 4) is 0 Å². The second-order valence-electron chi connectivity index (χ2n) is 4.63. The van der Waals surface area contributed by atoms with Crippen LogP contribution in [0.1, 0.15) is 11.1 Å². The first-order chi connectivity index (χ1) is 8.54. The maximum absolute atomic E-state index is 4.77. The number of fused-ring (bicyclic) bond motifs is 2. The van der Waals surface area contributed by atoms with Crippen LogP contribution in [0.2, 0.25) is 0 Å². The van der Waals surface area contributed by atoms with Crippen molar-refractivity contribution in [1.29, 1.82) is 0 Å². The molecule has 0 amide bonds. The Labute approximate surface area is 122 Å². The molecule has 3 heteroatoms. The summed E-state index contributed by atoms with van der Waals surface area (Å²) >= 11 is 7.19. The van der Waals surface area contributed by atoms with Crippen molar-refractivity contribution in [3.05, 3.63) is 50.4 Å². The van der Waals surface area contributed by atoms with Crippen LogP contribution in [0.3, 0.4) is 0 Å². The van der Waals surface area contributed by atoms with Gasteiger partial charge in [-0.05, 0) is 87.2 Å². The zero-order chi connectivity index (χ0) is 12.9. The first-order valence-corrected chi connectivity index (χ1v) is 7.30. The first-order valence-electron chi connectivity index (χ1n) is 5.71. The van der Waals surface area contributed by atoms with Gasteiger partial charge in [0.25, 0.3) is 0 Å². The number of hydrogen-bond acceptors (Lipinski definition) is 1. The summed E-state index contributed by atoms with van der Waals surface area (Å²) < 4.78 is 2.10. The van der Waals surface area contributed by atoms with E-state index >= 15 is 0 Å². The Kier molecular flexibility index (Phi) is 2.91. The second-order valence-corrected chi connectivity index (χ2v) is 6.33. The summed E-state index contributed by atoms with van der Waals surface area (Å²) in [6, 6.07) is 10.7. The highest BCUT2D eigenvalue weighted by Crippen LogP contribution is 2.31. The van der Waals surface area contributed by atoms with Crippen molar-refractivity contribution >= 4 is 53.7 Å². The molecule has 18 heavy (non-hydrogen) atoms. The molecule has 1 aromatic heterocycles. The summed E-state index contributed by atoms with van der Waals surface area (Å²) in [4.78, 5) is 4.77. The van der Waals surface area contributed by atoms with Crippen LogP contribution in [-0.2, 0) is 0 Å². The standard InChI is InChI=1S/C15H11Br2N/c1-8-3-10-7-11-4-9(2)6-13(17)15(11)18-14(10)12(16)5-8/h3-7H,1-2H3. The molecule has 0 saturated heterocycles. The highest BCUT2D eigenvalue weighted by atomic mass is 79.9. The molecule has 1 heterocycles. The second kappa shape index (κ2) is 4.32. The molecule has 0 aliphatic rings. The van der Waals surface area contributed by atoms with E-state index in [9.17, 15) is 0 Å². The minimum absolute atomic E-state index is 1.01. The number of hydrogen-bond donors (Lipinski definition) is 0. The minimum Gasteiger partial charge on any atom is -0.245 e. The Morgan fingerprint density at radius 1 is 0.722 bits per heavy atom. The van der Waals surface area contributed by atoms with Gasteiger partial charge in [0.05, 0.1) is 11.0 Å². The lowest BCUT2D eigenvalue weighted by atomic mass is 10.1. The smallest absolute Gasteiger partial charge is 0.0852 e. The molecule has 0 aliphatic carbocycles. The van der Waals surface area contributed by atoms with Gasteiger partial charge >= 0.3 is 0 Å². The molecule has 0 bridgehead atoms. The van der Waals surface area contributed by atoms with E-state index in [0.29, 0.717) is 0 Å². The fourth-order valence-corrected chi connectivity index (χ4v) is 3.62. The molecule has 0 unspecified atom stereocenters. The van der Waals surface area contributed by atoms with Crippen LogP contribution >= 0.6 is 31.9 Å². The van der Waals surface area contributed by atoms with Gasteiger partial charge in [-0.15, -0.1) is 0 Å². The molecule has 90 valence electrons. The summed E-state index contributed by atoms with van der Waals surface area (Å²) in [6.45, 7) is 4.20. The van der Waals surface area contributed by atoms with Gasteiger partial charge in [-0.3, -0.25) is 0 Å². The third kappa shape index (κ3) is 1.95. The maximum atomic E-state index is 4.77. The van der Waals surface area contributed by atoms with Crippen molar-refractivity contribution in [2.24, 2.45) is 0 Å². The van der Waals surface area contributed by atoms with Gasteiger partial charge in [0.2, 0.25) is 0 Å². The van der Waals surface area contributed by atoms with Gasteiger partial charge in [0, 0.05) is 19.7 Å². The summed E-state index contributed by atoms with van der Waals surface area (Å²) in [5.41, 5.74) is 4.50. The molecule has 1 nitrogen and oxygen atoms in total. The zero-order valence-electron chi connectivity index (χ0n) is 10.1. The normalized spacial score (nSPS) is 11.3. The van der Waals surface area contributed by atoms with E-state index in [1.807, 2.05) is 0 Å². The SMILES string of the molecule is Cc1cc(Br)c2nc3c(Br)cc(C)cc3cc2c1. The largest absolute Gasteiger partial charge is 0.245 e. The zero-order valence-corrected chi connectivity index (χ0v) is 13.3. The summed E-state index contributed by atoms with van der Waals surface area (Å²) in [5.74, 6) is 0. The Balaban J connectivity index is 2.51. The number of benzene rings is 2. The van der Waals surface area contributed by atoms with E-state index in [4.69, 9.17) is 4.98 Å². The van der Waals surface area contributed by atoms with Crippen molar-refractivity contribution < 1.29 is 0 Å². The van der Waals surface area contributed by atoms with E-state index in [-0.39, 0.29) is 0 Å².